The molecule has 0 aliphatic heterocycles. The van der Waals surface area contributed by atoms with Gasteiger partial charge in [0.25, 0.3) is 0 Å². The third-order valence-electron chi connectivity index (χ3n) is 3.02. The van der Waals surface area contributed by atoms with E-state index in [1.807, 2.05) is 0 Å². The van der Waals surface area contributed by atoms with Gasteiger partial charge in [0, 0.05) is 27.3 Å². The van der Waals surface area contributed by atoms with Gasteiger partial charge >= 0.3 is 0 Å². The van der Waals surface area contributed by atoms with Gasteiger partial charge in [-0.1, -0.05) is 12.1 Å². The number of halogens is 1. The number of nitrogens with one attached hydrogen (secondary N) is 1. The number of nitrogens with two attached hydrogens (primary N) is 1. The van der Waals surface area contributed by atoms with Crippen molar-refractivity contribution < 1.29 is 18.7 Å². The van der Waals surface area contributed by atoms with E-state index in [9.17, 15) is 9.18 Å². The van der Waals surface area contributed by atoms with Gasteiger partial charge < -0.3 is 20.5 Å². The van der Waals surface area contributed by atoms with Crippen LogP contribution in [0.2, 0.25) is 0 Å². The van der Waals surface area contributed by atoms with E-state index in [1.54, 1.807) is 12.1 Å². The van der Waals surface area contributed by atoms with Crippen LogP contribution in [0.15, 0.2) is 24.3 Å². The molecule has 20 heavy (non-hydrogen) atoms. The second-order valence-corrected chi connectivity index (χ2v) is 4.38. The zero-order chi connectivity index (χ0) is 15.0. The molecule has 1 rings (SSSR count). The fourth-order valence-electron chi connectivity index (χ4n) is 1.76. The largest absolute Gasteiger partial charge is 0.380 e. The highest BCUT2D eigenvalue weighted by atomic mass is 19.1. The highest BCUT2D eigenvalue weighted by molar-refractivity contribution is 5.76. The van der Waals surface area contributed by atoms with Gasteiger partial charge in [0.05, 0.1) is 18.6 Å². The maximum Gasteiger partial charge on any atom is 0.222 e. The van der Waals surface area contributed by atoms with E-state index in [2.05, 4.69) is 5.32 Å². The molecule has 112 valence electrons. The van der Waals surface area contributed by atoms with Gasteiger partial charge in [0.15, 0.2) is 0 Å². The lowest BCUT2D eigenvalue weighted by Gasteiger charge is -2.18. The Bertz CT molecular complexity index is 407. The zero-order valence-corrected chi connectivity index (χ0v) is 11.8. The van der Waals surface area contributed by atoms with Crippen LogP contribution in [-0.4, -0.2) is 39.3 Å². The van der Waals surface area contributed by atoms with Crippen molar-refractivity contribution in [2.45, 2.75) is 18.6 Å². The number of carbonyl (C=O) groups excluding carboxylic acids is 1. The van der Waals surface area contributed by atoms with Gasteiger partial charge in [0.2, 0.25) is 5.91 Å². The molecule has 2 unspecified atom stereocenters. The van der Waals surface area contributed by atoms with Crippen LogP contribution in [0.5, 0.6) is 0 Å². The number of hydrogen-bond donors (Lipinski definition) is 2. The van der Waals surface area contributed by atoms with Crippen LogP contribution >= 0.6 is 0 Å². The third kappa shape index (κ3) is 5.24. The molecule has 3 N–H and O–H groups in total. The fraction of sp³-hybridized carbons (Fsp3) is 0.500. The van der Waals surface area contributed by atoms with Crippen molar-refractivity contribution in [1.82, 2.24) is 5.32 Å². The molecule has 0 saturated heterocycles. The first-order valence-electron chi connectivity index (χ1n) is 6.38. The molecule has 1 amide bonds. The summed E-state index contributed by atoms with van der Waals surface area (Å²) >= 11 is 0. The average Bonchev–Trinajstić information content (AvgIpc) is 2.47. The number of rotatable bonds is 8. The first-order valence-corrected chi connectivity index (χ1v) is 6.38. The summed E-state index contributed by atoms with van der Waals surface area (Å²) in [5, 5.41) is 2.75. The van der Waals surface area contributed by atoms with E-state index in [0.717, 1.165) is 5.56 Å². The van der Waals surface area contributed by atoms with Crippen LogP contribution in [0.3, 0.4) is 0 Å². The highest BCUT2D eigenvalue weighted by Gasteiger charge is 2.15. The van der Waals surface area contributed by atoms with E-state index < -0.39 is 0 Å². The molecule has 0 saturated carbocycles. The van der Waals surface area contributed by atoms with E-state index >= 15 is 0 Å². The lowest BCUT2D eigenvalue weighted by Crippen LogP contribution is -2.34. The van der Waals surface area contributed by atoms with Crippen molar-refractivity contribution in [2.75, 3.05) is 27.3 Å². The standard InChI is InChI=1S/C14H21FN2O3/c1-19-12(8-16)7-14(18)17-9-13(20-2)10-3-5-11(15)6-4-10/h3-6,12-13H,7-9,16H2,1-2H3,(H,17,18). The first-order chi connectivity index (χ1) is 9.60. The SMILES string of the molecule is COC(CN)CC(=O)NCC(OC)c1ccc(F)cc1. The van der Waals surface area contributed by atoms with Crippen LogP contribution < -0.4 is 11.1 Å². The minimum Gasteiger partial charge on any atom is -0.380 e. The van der Waals surface area contributed by atoms with Crippen molar-refractivity contribution in [1.29, 1.82) is 0 Å². The maximum atomic E-state index is 12.9. The van der Waals surface area contributed by atoms with Crippen molar-refractivity contribution in [3.8, 4) is 0 Å². The van der Waals surface area contributed by atoms with Crippen LogP contribution in [0, 0.1) is 5.82 Å². The van der Waals surface area contributed by atoms with E-state index in [-0.39, 0.29) is 36.9 Å². The smallest absolute Gasteiger partial charge is 0.222 e. The second-order valence-electron chi connectivity index (χ2n) is 4.38. The average molecular weight is 284 g/mol. The molecule has 5 nitrogen and oxygen atoms in total. The number of methoxy groups -OCH3 is 2. The molecular formula is C14H21FN2O3. The van der Waals surface area contributed by atoms with Gasteiger partial charge in [-0.3, -0.25) is 4.79 Å². The Hall–Kier alpha value is -1.50. The van der Waals surface area contributed by atoms with Crippen LogP contribution in [-0.2, 0) is 14.3 Å². The third-order valence-corrected chi connectivity index (χ3v) is 3.02. The van der Waals surface area contributed by atoms with Crippen LogP contribution in [0.25, 0.3) is 0 Å². The summed E-state index contributed by atoms with van der Waals surface area (Å²) < 4.78 is 23.2. The molecular weight excluding hydrogens is 263 g/mol. The highest BCUT2D eigenvalue weighted by Crippen LogP contribution is 2.16. The fourth-order valence-corrected chi connectivity index (χ4v) is 1.76. The molecule has 2 atom stereocenters. The Morgan fingerprint density at radius 2 is 1.95 bits per heavy atom. The number of amides is 1. The van der Waals surface area contributed by atoms with Gasteiger partial charge in [-0.2, -0.15) is 0 Å². The number of benzene rings is 1. The lowest BCUT2D eigenvalue weighted by molar-refractivity contribution is -0.123. The van der Waals surface area contributed by atoms with Crippen LogP contribution in [0.4, 0.5) is 4.39 Å². The van der Waals surface area contributed by atoms with Gasteiger partial charge in [-0.05, 0) is 17.7 Å². The number of ether oxygens (including phenoxy) is 2. The predicted octanol–water partition coefficient (Wildman–Crippen LogP) is 0.993. The Labute approximate surface area is 118 Å². The summed E-state index contributed by atoms with van der Waals surface area (Å²) in [7, 11) is 3.05. The Balaban J connectivity index is 2.49. The molecule has 0 radical (unpaired) electrons. The predicted molar refractivity (Wildman–Crippen MR) is 73.6 cm³/mol. The van der Waals surface area contributed by atoms with Crippen molar-refractivity contribution in [3.63, 3.8) is 0 Å². The molecule has 0 bridgehead atoms. The lowest BCUT2D eigenvalue weighted by atomic mass is 10.1. The van der Waals surface area contributed by atoms with E-state index in [4.69, 9.17) is 15.2 Å². The molecule has 0 spiro atoms. The molecule has 0 aliphatic rings. The first kappa shape index (κ1) is 16.6. The van der Waals surface area contributed by atoms with Crippen molar-refractivity contribution in [3.05, 3.63) is 35.6 Å². The normalized spacial score (nSPS) is 13.8. The van der Waals surface area contributed by atoms with Gasteiger partial charge in [-0.25, -0.2) is 4.39 Å². The van der Waals surface area contributed by atoms with Gasteiger partial charge in [-0.15, -0.1) is 0 Å². The number of carbonyl (C=O) groups is 1. The summed E-state index contributed by atoms with van der Waals surface area (Å²) in [5.41, 5.74) is 6.26. The quantitative estimate of drug-likeness (QED) is 0.746. The number of hydrogen-bond acceptors (Lipinski definition) is 4. The summed E-state index contributed by atoms with van der Waals surface area (Å²) in [6, 6.07) is 5.98. The Morgan fingerprint density at radius 3 is 2.45 bits per heavy atom. The van der Waals surface area contributed by atoms with Crippen LogP contribution in [0.1, 0.15) is 18.1 Å². The minimum atomic E-state index is -0.321. The molecule has 0 fully saturated rings. The van der Waals surface area contributed by atoms with Crippen molar-refractivity contribution >= 4 is 5.91 Å². The molecule has 0 heterocycles. The Kier molecular flexibility index (Phi) is 7.14. The summed E-state index contributed by atoms with van der Waals surface area (Å²) in [5.74, 6) is -0.468. The minimum absolute atomic E-state index is 0.161. The zero-order valence-electron chi connectivity index (χ0n) is 11.8. The summed E-state index contributed by atoms with van der Waals surface area (Å²) in [4.78, 5) is 11.7. The van der Waals surface area contributed by atoms with E-state index in [1.165, 1.54) is 26.4 Å². The summed E-state index contributed by atoms with van der Waals surface area (Å²) in [6.45, 7) is 0.595. The van der Waals surface area contributed by atoms with Gasteiger partial charge in [0.1, 0.15) is 5.82 Å². The molecule has 1 aromatic rings. The monoisotopic (exact) mass is 284 g/mol. The Morgan fingerprint density at radius 1 is 1.30 bits per heavy atom. The molecule has 0 aromatic heterocycles. The molecule has 0 aliphatic carbocycles. The van der Waals surface area contributed by atoms with Crippen molar-refractivity contribution in [2.24, 2.45) is 5.73 Å². The topological polar surface area (TPSA) is 73.6 Å². The molecule has 6 heteroatoms. The maximum absolute atomic E-state index is 12.9. The summed E-state index contributed by atoms with van der Waals surface area (Å²) in [6.07, 6.45) is -0.410. The second kappa shape index (κ2) is 8.63. The van der Waals surface area contributed by atoms with E-state index in [0.29, 0.717) is 6.54 Å². The molecule has 1 aromatic carbocycles.